The van der Waals surface area contributed by atoms with Crippen molar-refractivity contribution in [2.45, 2.75) is 37.8 Å². The molecule has 1 aliphatic carbocycles. The van der Waals surface area contributed by atoms with Gasteiger partial charge in [0.1, 0.15) is 5.82 Å². The van der Waals surface area contributed by atoms with Crippen LogP contribution in [0.3, 0.4) is 0 Å². The van der Waals surface area contributed by atoms with Gasteiger partial charge in [0.05, 0.1) is 18.5 Å². The quantitative estimate of drug-likeness (QED) is 0.917. The summed E-state index contributed by atoms with van der Waals surface area (Å²) in [5, 5.41) is 0. The van der Waals surface area contributed by atoms with E-state index in [1.54, 1.807) is 12.1 Å². The highest BCUT2D eigenvalue weighted by Crippen LogP contribution is 2.43. The van der Waals surface area contributed by atoms with Crippen LogP contribution in [0, 0.1) is 5.92 Å². The molecule has 21 heavy (non-hydrogen) atoms. The fourth-order valence-corrected chi connectivity index (χ4v) is 2.94. The van der Waals surface area contributed by atoms with Crippen molar-refractivity contribution in [2.75, 3.05) is 7.11 Å². The molecule has 0 aliphatic heterocycles. The van der Waals surface area contributed by atoms with Crippen LogP contribution in [0.5, 0.6) is 5.88 Å². The molecule has 7 heteroatoms. The van der Waals surface area contributed by atoms with E-state index >= 15 is 0 Å². The van der Waals surface area contributed by atoms with Crippen LogP contribution in [0.1, 0.15) is 37.4 Å². The fourth-order valence-electron chi connectivity index (χ4n) is 2.94. The van der Waals surface area contributed by atoms with E-state index in [9.17, 15) is 13.2 Å². The zero-order valence-corrected chi connectivity index (χ0v) is 11.6. The summed E-state index contributed by atoms with van der Waals surface area (Å²) in [6.07, 6.45) is -2.51. The number of halogens is 3. The van der Waals surface area contributed by atoms with Crippen molar-refractivity contribution in [3.05, 3.63) is 18.0 Å². The van der Waals surface area contributed by atoms with Crippen molar-refractivity contribution >= 4 is 11.2 Å². The van der Waals surface area contributed by atoms with Crippen molar-refractivity contribution in [2.24, 2.45) is 5.92 Å². The lowest BCUT2D eigenvalue weighted by Crippen LogP contribution is -2.28. The molecule has 2 aromatic heterocycles. The largest absolute Gasteiger partial charge is 0.481 e. The Balaban J connectivity index is 1.86. The van der Waals surface area contributed by atoms with Crippen LogP contribution in [0.4, 0.5) is 13.2 Å². The number of aromatic nitrogens is 3. The van der Waals surface area contributed by atoms with E-state index in [0.717, 1.165) is 11.9 Å². The number of imidazole rings is 1. The van der Waals surface area contributed by atoms with Crippen LogP contribution >= 0.6 is 0 Å². The molecule has 0 saturated heterocycles. The van der Waals surface area contributed by atoms with Crippen molar-refractivity contribution in [3.8, 4) is 5.88 Å². The number of H-pyrrole nitrogens is 1. The Labute approximate surface area is 119 Å². The normalized spacial score (nSPS) is 23.4. The molecule has 0 bridgehead atoms. The van der Waals surface area contributed by atoms with Crippen LogP contribution in [0.2, 0.25) is 0 Å². The fraction of sp³-hybridized carbons (Fsp3) is 0.571. The predicted octanol–water partition coefficient (Wildman–Crippen LogP) is 3.80. The van der Waals surface area contributed by atoms with Gasteiger partial charge in [-0.3, -0.25) is 0 Å². The van der Waals surface area contributed by atoms with Crippen LogP contribution in [-0.4, -0.2) is 28.2 Å². The maximum absolute atomic E-state index is 12.9. The summed E-state index contributed by atoms with van der Waals surface area (Å²) in [5.74, 6) is -0.380. The second-order valence-corrected chi connectivity index (χ2v) is 5.45. The van der Waals surface area contributed by atoms with E-state index in [1.807, 2.05) is 0 Å². The Bertz CT molecular complexity index is 638. The second kappa shape index (κ2) is 5.20. The number of aromatic amines is 1. The average Bonchev–Trinajstić information content (AvgIpc) is 2.89. The van der Waals surface area contributed by atoms with Gasteiger partial charge in [0.2, 0.25) is 5.88 Å². The molecule has 2 aromatic rings. The molecule has 1 aliphatic rings. The smallest absolute Gasteiger partial charge is 0.391 e. The lowest BCUT2D eigenvalue weighted by atomic mass is 9.80. The van der Waals surface area contributed by atoms with Gasteiger partial charge in [0.15, 0.2) is 5.65 Å². The molecule has 114 valence electrons. The number of fused-ring (bicyclic) bond motifs is 1. The van der Waals surface area contributed by atoms with E-state index < -0.39 is 12.1 Å². The number of ether oxygens (including phenoxy) is 1. The van der Waals surface area contributed by atoms with Gasteiger partial charge in [-0.15, -0.1) is 0 Å². The van der Waals surface area contributed by atoms with Crippen LogP contribution in [-0.2, 0) is 0 Å². The number of hydrogen-bond acceptors (Lipinski definition) is 3. The molecule has 2 atom stereocenters. The zero-order chi connectivity index (χ0) is 15.0. The van der Waals surface area contributed by atoms with Gasteiger partial charge in [-0.2, -0.15) is 18.2 Å². The predicted molar refractivity (Wildman–Crippen MR) is 71.2 cm³/mol. The molecular weight excluding hydrogens is 283 g/mol. The van der Waals surface area contributed by atoms with Gasteiger partial charge in [-0.25, -0.2) is 4.98 Å². The molecule has 0 amide bonds. The third kappa shape index (κ3) is 2.82. The number of nitrogens with zero attached hydrogens (tertiary/aromatic N) is 2. The van der Waals surface area contributed by atoms with E-state index in [0.29, 0.717) is 23.8 Å². The number of hydrogen-bond donors (Lipinski definition) is 1. The van der Waals surface area contributed by atoms with Crippen LogP contribution in [0.15, 0.2) is 12.1 Å². The second-order valence-electron chi connectivity index (χ2n) is 5.45. The highest BCUT2D eigenvalue weighted by Gasteiger charge is 2.42. The van der Waals surface area contributed by atoms with E-state index in [-0.39, 0.29) is 18.8 Å². The van der Waals surface area contributed by atoms with E-state index in [2.05, 4.69) is 15.0 Å². The number of pyridine rings is 1. The van der Waals surface area contributed by atoms with Crippen LogP contribution < -0.4 is 4.74 Å². The van der Waals surface area contributed by atoms with Gasteiger partial charge in [-0.1, -0.05) is 6.42 Å². The minimum absolute atomic E-state index is 0.0977. The Kier molecular flexibility index (Phi) is 3.51. The Morgan fingerprint density at radius 1 is 1.24 bits per heavy atom. The zero-order valence-electron chi connectivity index (χ0n) is 11.6. The highest BCUT2D eigenvalue weighted by molar-refractivity contribution is 5.71. The first-order valence-corrected chi connectivity index (χ1v) is 6.94. The first kappa shape index (κ1) is 14.2. The van der Waals surface area contributed by atoms with E-state index in [4.69, 9.17) is 4.74 Å². The SMILES string of the molecule is COc1ccc2[nH]c(C3CCCC(C(F)(F)F)C3)nc2n1. The van der Waals surface area contributed by atoms with Gasteiger partial charge in [0.25, 0.3) is 0 Å². The Morgan fingerprint density at radius 2 is 2.05 bits per heavy atom. The molecule has 2 heterocycles. The summed E-state index contributed by atoms with van der Waals surface area (Å²) in [4.78, 5) is 11.6. The molecule has 0 spiro atoms. The third-order valence-electron chi connectivity index (χ3n) is 4.07. The first-order chi connectivity index (χ1) is 9.97. The minimum atomic E-state index is -4.12. The highest BCUT2D eigenvalue weighted by atomic mass is 19.4. The number of rotatable bonds is 2. The summed E-state index contributed by atoms with van der Waals surface area (Å²) in [6, 6.07) is 3.48. The van der Waals surface area contributed by atoms with Gasteiger partial charge >= 0.3 is 6.18 Å². The van der Waals surface area contributed by atoms with Crippen molar-refractivity contribution < 1.29 is 17.9 Å². The molecular formula is C14H16F3N3O. The molecule has 2 unspecified atom stereocenters. The lowest BCUT2D eigenvalue weighted by Gasteiger charge is -2.29. The average molecular weight is 299 g/mol. The maximum atomic E-state index is 12.9. The maximum Gasteiger partial charge on any atom is 0.391 e. The molecule has 0 radical (unpaired) electrons. The summed E-state index contributed by atoms with van der Waals surface area (Å²) < 4.78 is 43.6. The van der Waals surface area contributed by atoms with Crippen LogP contribution in [0.25, 0.3) is 11.2 Å². The van der Waals surface area contributed by atoms with Crippen molar-refractivity contribution in [1.82, 2.24) is 15.0 Å². The van der Waals surface area contributed by atoms with Gasteiger partial charge in [0, 0.05) is 12.0 Å². The number of methoxy groups -OCH3 is 1. The first-order valence-electron chi connectivity index (χ1n) is 6.94. The summed E-state index contributed by atoms with van der Waals surface area (Å²) in [7, 11) is 1.51. The van der Waals surface area contributed by atoms with Crippen molar-refractivity contribution in [1.29, 1.82) is 0 Å². The third-order valence-corrected chi connectivity index (χ3v) is 4.07. The molecule has 1 N–H and O–H groups in total. The minimum Gasteiger partial charge on any atom is -0.481 e. The number of nitrogens with one attached hydrogen (secondary N) is 1. The lowest BCUT2D eigenvalue weighted by molar-refractivity contribution is -0.183. The molecule has 1 saturated carbocycles. The van der Waals surface area contributed by atoms with Gasteiger partial charge in [-0.05, 0) is 25.3 Å². The monoisotopic (exact) mass is 299 g/mol. The summed E-state index contributed by atoms with van der Waals surface area (Å²) in [5.41, 5.74) is 1.21. The van der Waals surface area contributed by atoms with E-state index in [1.165, 1.54) is 7.11 Å². The molecule has 4 nitrogen and oxygen atoms in total. The Hall–Kier alpha value is -1.79. The molecule has 0 aromatic carbocycles. The summed E-state index contributed by atoms with van der Waals surface area (Å²) in [6.45, 7) is 0. The number of alkyl halides is 3. The van der Waals surface area contributed by atoms with Gasteiger partial charge < -0.3 is 9.72 Å². The summed E-state index contributed by atoms with van der Waals surface area (Å²) >= 11 is 0. The molecule has 3 rings (SSSR count). The molecule has 1 fully saturated rings. The van der Waals surface area contributed by atoms with Crippen molar-refractivity contribution in [3.63, 3.8) is 0 Å². The standard InChI is InChI=1S/C14H16F3N3O/c1-21-11-6-5-10-13(19-11)20-12(18-10)8-3-2-4-9(7-8)14(15,16)17/h5-6,8-9H,2-4,7H2,1H3,(H,18,19,20). The Morgan fingerprint density at radius 3 is 2.76 bits per heavy atom. The topological polar surface area (TPSA) is 50.8 Å².